The number of nitrogens with one attached hydrogen (secondary N) is 1. The molecule has 4 nitrogen and oxygen atoms in total. The van der Waals surface area contributed by atoms with Crippen molar-refractivity contribution in [1.29, 1.82) is 0 Å². The Labute approximate surface area is 198 Å². The minimum absolute atomic E-state index is 0.0857. The van der Waals surface area contributed by atoms with Crippen molar-refractivity contribution in [2.24, 2.45) is 5.92 Å². The van der Waals surface area contributed by atoms with Crippen LogP contribution in [0.1, 0.15) is 54.6 Å². The van der Waals surface area contributed by atoms with Crippen molar-refractivity contribution in [1.82, 2.24) is 10.2 Å². The zero-order chi connectivity index (χ0) is 21.6. The Morgan fingerprint density at radius 2 is 1.84 bits per heavy atom. The fraction of sp³-hybridized carbons (Fsp3) is 0.542. The molecule has 0 bridgehead atoms. The number of nitrogens with zero attached hydrogens (tertiary/aromatic N) is 1. The summed E-state index contributed by atoms with van der Waals surface area (Å²) >= 11 is 13.8. The highest BCUT2D eigenvalue weighted by Crippen LogP contribution is 2.33. The first-order chi connectivity index (χ1) is 15.1. The van der Waals surface area contributed by atoms with Gasteiger partial charge in [-0.3, -0.25) is 4.79 Å². The number of carbonyl (C=O) groups is 1. The van der Waals surface area contributed by atoms with E-state index in [4.69, 9.17) is 27.9 Å². The molecule has 4 rings (SSSR count). The largest absolute Gasteiger partial charge is 0.489 e. The Bertz CT molecular complexity index is 845. The van der Waals surface area contributed by atoms with Gasteiger partial charge in [-0.15, -0.1) is 11.3 Å². The van der Waals surface area contributed by atoms with Gasteiger partial charge in [0, 0.05) is 19.1 Å². The molecule has 1 N–H and O–H groups in total. The molecule has 0 unspecified atom stereocenters. The summed E-state index contributed by atoms with van der Waals surface area (Å²) in [5.41, 5.74) is 0. The molecule has 2 fully saturated rings. The maximum atomic E-state index is 12.2. The molecule has 1 aromatic carbocycles. The smallest absolute Gasteiger partial charge is 0.261 e. The first kappa shape index (κ1) is 22.9. The van der Waals surface area contributed by atoms with Crippen LogP contribution in [0.3, 0.4) is 0 Å². The lowest BCUT2D eigenvalue weighted by atomic mass is 9.84. The molecule has 31 heavy (non-hydrogen) atoms. The van der Waals surface area contributed by atoms with E-state index in [2.05, 4.69) is 10.2 Å². The average molecular weight is 481 g/mol. The van der Waals surface area contributed by atoms with Gasteiger partial charge in [-0.05, 0) is 81.0 Å². The van der Waals surface area contributed by atoms with E-state index in [9.17, 15) is 4.79 Å². The summed E-state index contributed by atoms with van der Waals surface area (Å²) in [5, 5.41) is 6.21. The van der Waals surface area contributed by atoms with Crippen molar-refractivity contribution in [3.8, 4) is 5.75 Å². The third-order valence-electron chi connectivity index (χ3n) is 6.52. The molecule has 1 saturated carbocycles. The van der Waals surface area contributed by atoms with Gasteiger partial charge in [0.1, 0.15) is 16.9 Å². The number of rotatable bonds is 7. The molecule has 1 aromatic heterocycles. The number of amides is 1. The number of thiophene rings is 1. The lowest BCUT2D eigenvalue weighted by molar-refractivity contribution is 0.0900. The minimum Gasteiger partial charge on any atom is -0.489 e. The second-order valence-electron chi connectivity index (χ2n) is 8.67. The Balaban J connectivity index is 1.12. The van der Waals surface area contributed by atoms with Gasteiger partial charge in [0.15, 0.2) is 0 Å². The van der Waals surface area contributed by atoms with Crippen LogP contribution in [0.25, 0.3) is 0 Å². The van der Waals surface area contributed by atoms with E-state index in [1.165, 1.54) is 30.6 Å². The van der Waals surface area contributed by atoms with Crippen LogP contribution in [0.15, 0.2) is 35.7 Å². The normalized spacial score (nSPS) is 22.9. The van der Waals surface area contributed by atoms with Gasteiger partial charge < -0.3 is 15.0 Å². The molecule has 1 aliphatic carbocycles. The number of hydrogen-bond acceptors (Lipinski definition) is 4. The highest BCUT2D eigenvalue weighted by molar-refractivity contribution is 7.12. The number of piperidine rings is 1. The van der Waals surface area contributed by atoms with Crippen LogP contribution in [0.2, 0.25) is 10.0 Å². The molecule has 0 atom stereocenters. The van der Waals surface area contributed by atoms with Crippen LogP contribution in [0.5, 0.6) is 5.75 Å². The van der Waals surface area contributed by atoms with Crippen LogP contribution in [-0.4, -0.2) is 42.6 Å². The SMILES string of the molecule is O=C(NC1CCC(CCN2CCC(Oc3cccc(Cl)c3Cl)CC2)CC1)c1cccs1. The molecule has 1 aliphatic heterocycles. The monoisotopic (exact) mass is 480 g/mol. The zero-order valence-corrected chi connectivity index (χ0v) is 20.0. The standard InChI is InChI=1S/C24H30Cl2N2O2S/c25-20-3-1-4-21(23(20)26)30-19-11-14-28(15-12-19)13-10-17-6-8-18(9-7-17)27-24(29)22-5-2-16-31-22/h1-5,16-19H,6-15H2,(H,27,29). The number of likely N-dealkylation sites (tertiary alicyclic amines) is 1. The summed E-state index contributed by atoms with van der Waals surface area (Å²) in [6, 6.07) is 9.70. The summed E-state index contributed by atoms with van der Waals surface area (Å²) in [6.45, 7) is 3.28. The van der Waals surface area contributed by atoms with E-state index in [1.807, 2.05) is 29.6 Å². The van der Waals surface area contributed by atoms with E-state index in [0.717, 1.165) is 56.1 Å². The first-order valence-corrected chi connectivity index (χ1v) is 12.9. The summed E-state index contributed by atoms with van der Waals surface area (Å²) in [6.07, 6.45) is 8.10. The fourth-order valence-electron chi connectivity index (χ4n) is 4.63. The molecule has 2 heterocycles. The van der Waals surface area contributed by atoms with Crippen molar-refractivity contribution < 1.29 is 9.53 Å². The molecule has 168 valence electrons. The molecule has 2 aliphatic rings. The third-order valence-corrected chi connectivity index (χ3v) is 8.20. The number of carbonyl (C=O) groups excluding carboxylic acids is 1. The minimum atomic E-state index is 0.0857. The van der Waals surface area contributed by atoms with E-state index in [0.29, 0.717) is 21.8 Å². The van der Waals surface area contributed by atoms with Gasteiger partial charge in [-0.2, -0.15) is 0 Å². The molecule has 0 radical (unpaired) electrons. The van der Waals surface area contributed by atoms with Gasteiger partial charge in [0.05, 0.1) is 9.90 Å². The number of benzene rings is 1. The molecular formula is C24H30Cl2N2O2S. The molecule has 7 heteroatoms. The number of hydrogen-bond donors (Lipinski definition) is 1. The zero-order valence-electron chi connectivity index (χ0n) is 17.7. The van der Waals surface area contributed by atoms with Gasteiger partial charge in [-0.1, -0.05) is 35.3 Å². The first-order valence-electron chi connectivity index (χ1n) is 11.3. The van der Waals surface area contributed by atoms with E-state index in [1.54, 1.807) is 6.07 Å². The molecule has 1 saturated heterocycles. The van der Waals surface area contributed by atoms with Gasteiger partial charge in [0.2, 0.25) is 0 Å². The van der Waals surface area contributed by atoms with Gasteiger partial charge >= 0.3 is 0 Å². The quantitative estimate of drug-likeness (QED) is 0.506. The maximum Gasteiger partial charge on any atom is 0.261 e. The predicted molar refractivity (Wildman–Crippen MR) is 129 cm³/mol. The summed E-state index contributed by atoms with van der Waals surface area (Å²) in [4.78, 5) is 15.6. The van der Waals surface area contributed by atoms with Crippen LogP contribution in [0, 0.1) is 5.92 Å². The highest BCUT2D eigenvalue weighted by atomic mass is 35.5. The second kappa shape index (κ2) is 11.0. The van der Waals surface area contributed by atoms with Crippen molar-refractivity contribution >= 4 is 40.4 Å². The summed E-state index contributed by atoms with van der Waals surface area (Å²) in [5.74, 6) is 1.55. The van der Waals surface area contributed by atoms with E-state index >= 15 is 0 Å². The van der Waals surface area contributed by atoms with E-state index < -0.39 is 0 Å². The van der Waals surface area contributed by atoms with Crippen molar-refractivity contribution in [3.63, 3.8) is 0 Å². The van der Waals surface area contributed by atoms with Gasteiger partial charge in [-0.25, -0.2) is 0 Å². The fourth-order valence-corrected chi connectivity index (χ4v) is 5.59. The number of halogens is 2. The average Bonchev–Trinajstić information content (AvgIpc) is 3.33. The Hall–Kier alpha value is -1.27. The predicted octanol–water partition coefficient (Wildman–Crippen LogP) is 6.28. The van der Waals surface area contributed by atoms with Crippen LogP contribution in [0.4, 0.5) is 0 Å². The highest BCUT2D eigenvalue weighted by Gasteiger charge is 2.25. The van der Waals surface area contributed by atoms with Crippen LogP contribution >= 0.6 is 34.5 Å². The Kier molecular flexibility index (Phi) is 8.16. The Morgan fingerprint density at radius 3 is 2.55 bits per heavy atom. The number of ether oxygens (including phenoxy) is 1. The van der Waals surface area contributed by atoms with Crippen LogP contribution in [-0.2, 0) is 0 Å². The van der Waals surface area contributed by atoms with Crippen molar-refractivity contribution in [2.75, 3.05) is 19.6 Å². The second-order valence-corrected chi connectivity index (χ2v) is 10.4. The summed E-state index contributed by atoms with van der Waals surface area (Å²) < 4.78 is 6.10. The van der Waals surface area contributed by atoms with Crippen molar-refractivity contribution in [3.05, 3.63) is 50.6 Å². The van der Waals surface area contributed by atoms with Gasteiger partial charge in [0.25, 0.3) is 5.91 Å². The summed E-state index contributed by atoms with van der Waals surface area (Å²) in [7, 11) is 0. The van der Waals surface area contributed by atoms with Crippen LogP contribution < -0.4 is 10.1 Å². The molecule has 2 aromatic rings. The molecule has 0 spiro atoms. The lowest BCUT2D eigenvalue weighted by Crippen LogP contribution is -2.40. The Morgan fingerprint density at radius 1 is 1.06 bits per heavy atom. The van der Waals surface area contributed by atoms with Crippen molar-refractivity contribution in [2.45, 2.75) is 57.1 Å². The lowest BCUT2D eigenvalue weighted by Gasteiger charge is -2.34. The third kappa shape index (κ3) is 6.38. The topological polar surface area (TPSA) is 41.6 Å². The molecular weight excluding hydrogens is 451 g/mol. The maximum absolute atomic E-state index is 12.2. The van der Waals surface area contributed by atoms with E-state index in [-0.39, 0.29) is 12.0 Å². The molecule has 1 amide bonds.